The van der Waals surface area contributed by atoms with Gasteiger partial charge in [-0.05, 0) is 36.8 Å². The highest BCUT2D eigenvalue weighted by atomic mass is 35.5. The van der Waals surface area contributed by atoms with Crippen molar-refractivity contribution >= 4 is 39.8 Å². The van der Waals surface area contributed by atoms with Crippen LogP contribution in [0.15, 0.2) is 30.3 Å². The molecule has 0 saturated carbocycles. The van der Waals surface area contributed by atoms with E-state index in [0.29, 0.717) is 6.07 Å². The van der Waals surface area contributed by atoms with E-state index in [1.54, 1.807) is 0 Å². The summed E-state index contributed by atoms with van der Waals surface area (Å²) in [5, 5.41) is 17.3. The lowest BCUT2D eigenvalue weighted by molar-refractivity contribution is -0.138. The number of aromatic nitrogens is 3. The third-order valence-electron chi connectivity index (χ3n) is 4.71. The maximum atomic E-state index is 13.4. The lowest BCUT2D eigenvalue weighted by Crippen LogP contribution is -2.31. The van der Waals surface area contributed by atoms with Crippen LogP contribution in [-0.2, 0) is 24.3 Å². The van der Waals surface area contributed by atoms with Crippen LogP contribution in [0.1, 0.15) is 29.2 Å². The summed E-state index contributed by atoms with van der Waals surface area (Å²) in [6, 6.07) is 6.28. The summed E-state index contributed by atoms with van der Waals surface area (Å²) >= 11 is 10.6. The first kappa shape index (κ1) is 23.7. The van der Waals surface area contributed by atoms with Crippen LogP contribution in [0.4, 0.5) is 26.3 Å². The fourth-order valence-electron chi connectivity index (χ4n) is 3.17. The maximum absolute atomic E-state index is 13.4. The summed E-state index contributed by atoms with van der Waals surface area (Å²) in [4.78, 5) is 0.559. The highest BCUT2D eigenvalue weighted by Gasteiger charge is 2.38. The highest BCUT2D eigenvalue weighted by Crippen LogP contribution is 2.37. The minimum absolute atomic E-state index is 0.0211. The molecule has 1 unspecified atom stereocenters. The van der Waals surface area contributed by atoms with Gasteiger partial charge in [0.15, 0.2) is 0 Å². The molecule has 2 N–H and O–H groups in total. The van der Waals surface area contributed by atoms with E-state index in [1.165, 1.54) is 6.92 Å². The molecule has 0 aliphatic heterocycles. The number of hydrogen-bond acceptors (Lipinski definition) is 4. The van der Waals surface area contributed by atoms with E-state index < -0.39 is 41.0 Å². The topological polar surface area (TPSA) is 80.5 Å². The monoisotopic (exact) mass is 491 g/mol. The first-order valence-electron chi connectivity index (χ1n) is 8.70. The van der Waals surface area contributed by atoms with Crippen molar-refractivity contribution in [2.24, 2.45) is 5.73 Å². The molecule has 0 spiro atoms. The molecule has 0 aliphatic rings. The summed E-state index contributed by atoms with van der Waals surface area (Å²) in [5.41, 5.74) is 0.890. The van der Waals surface area contributed by atoms with Crippen molar-refractivity contribution in [3.63, 3.8) is 0 Å². The van der Waals surface area contributed by atoms with Gasteiger partial charge in [-0.15, -0.1) is 0 Å². The average Bonchev–Trinajstić information content (AvgIpc) is 3.06. The first-order chi connectivity index (χ1) is 14.7. The second-order valence-electron chi connectivity index (χ2n) is 7.12. The van der Waals surface area contributed by atoms with Crippen molar-refractivity contribution in [1.82, 2.24) is 15.0 Å². The Bertz CT molecular complexity index is 1260. The Morgan fingerprint density at radius 2 is 1.75 bits per heavy atom. The Balaban J connectivity index is 2.17. The molecule has 0 saturated heterocycles. The number of fused-ring (bicyclic) bond motifs is 1. The largest absolute Gasteiger partial charge is 0.418 e. The number of nitrogens with zero attached hydrogens (tertiary/aromatic N) is 4. The predicted molar refractivity (Wildman–Crippen MR) is 108 cm³/mol. The van der Waals surface area contributed by atoms with Gasteiger partial charge in [0, 0.05) is 10.6 Å². The smallest absolute Gasteiger partial charge is 0.389 e. The van der Waals surface area contributed by atoms with Gasteiger partial charge in [-0.2, -0.15) is 46.6 Å². The van der Waals surface area contributed by atoms with Crippen LogP contribution in [0.5, 0.6) is 0 Å². The van der Waals surface area contributed by atoms with E-state index in [9.17, 15) is 31.6 Å². The second kappa shape index (κ2) is 7.90. The molecule has 1 aromatic heterocycles. The SMILES string of the molecule is CC(C#N)(Cn1nc2cc(Cl)cc(C(F)(F)F)c2n1)c1cc(C(F)(F)F)ccc1C(N)=S. The third kappa shape index (κ3) is 4.49. The first-order valence-corrected chi connectivity index (χ1v) is 9.49. The quantitative estimate of drug-likeness (QED) is 0.399. The molecule has 3 aromatic rings. The average molecular weight is 492 g/mol. The fraction of sp³-hybridized carbons (Fsp3) is 0.263. The van der Waals surface area contributed by atoms with Crippen LogP contribution in [0.2, 0.25) is 5.02 Å². The Morgan fingerprint density at radius 3 is 2.28 bits per heavy atom. The number of nitrogens with two attached hydrogens (primary N) is 1. The summed E-state index contributed by atoms with van der Waals surface area (Å²) < 4.78 is 79.8. The number of alkyl halides is 6. The molecule has 13 heteroatoms. The van der Waals surface area contributed by atoms with E-state index in [2.05, 4.69) is 10.2 Å². The molecule has 168 valence electrons. The van der Waals surface area contributed by atoms with Gasteiger partial charge < -0.3 is 5.73 Å². The van der Waals surface area contributed by atoms with Crippen molar-refractivity contribution < 1.29 is 26.3 Å². The van der Waals surface area contributed by atoms with Crippen LogP contribution in [0, 0.1) is 11.3 Å². The van der Waals surface area contributed by atoms with Gasteiger partial charge in [-0.3, -0.25) is 0 Å². The number of halogens is 7. The van der Waals surface area contributed by atoms with Crippen LogP contribution >= 0.6 is 23.8 Å². The summed E-state index contributed by atoms with van der Waals surface area (Å²) in [5.74, 6) is 0. The van der Waals surface area contributed by atoms with Crippen molar-refractivity contribution in [2.45, 2.75) is 31.2 Å². The number of rotatable bonds is 4. The minimum atomic E-state index is -4.78. The van der Waals surface area contributed by atoms with Gasteiger partial charge in [0.25, 0.3) is 0 Å². The molecule has 5 nitrogen and oxygen atoms in total. The lowest BCUT2D eigenvalue weighted by Gasteiger charge is -2.25. The lowest BCUT2D eigenvalue weighted by atomic mass is 9.80. The predicted octanol–water partition coefficient (Wildman–Crippen LogP) is 5.24. The number of hydrogen-bond donors (Lipinski definition) is 1. The van der Waals surface area contributed by atoms with Gasteiger partial charge in [0.05, 0.1) is 23.7 Å². The van der Waals surface area contributed by atoms with E-state index in [-0.39, 0.29) is 26.7 Å². The zero-order valence-corrected chi connectivity index (χ0v) is 17.6. The Labute approximate surface area is 187 Å². The standard InChI is InChI=1S/C19H12ClF6N5S/c1-17(7-27,12-4-9(18(21,22)23)2-3-11(12)16(28)32)8-31-29-14-6-10(20)5-13(15(14)30-31)19(24,25)26/h2-6H,8H2,1H3,(H2,28,32). The van der Waals surface area contributed by atoms with Gasteiger partial charge in [0.2, 0.25) is 0 Å². The van der Waals surface area contributed by atoms with Crippen molar-refractivity contribution in [2.75, 3.05) is 0 Å². The molecule has 1 heterocycles. The summed E-state index contributed by atoms with van der Waals surface area (Å²) in [7, 11) is 0. The molecule has 32 heavy (non-hydrogen) atoms. The van der Waals surface area contributed by atoms with Crippen LogP contribution in [0.3, 0.4) is 0 Å². The molecule has 0 amide bonds. The Morgan fingerprint density at radius 1 is 1.09 bits per heavy atom. The molecule has 0 aliphatic carbocycles. The molecule has 2 aromatic carbocycles. The summed E-state index contributed by atoms with van der Waals surface area (Å²) in [6.45, 7) is 0.806. The van der Waals surface area contributed by atoms with E-state index in [4.69, 9.17) is 29.6 Å². The zero-order valence-electron chi connectivity index (χ0n) is 16.0. The zero-order chi connectivity index (χ0) is 24.1. The molecule has 0 bridgehead atoms. The van der Waals surface area contributed by atoms with E-state index >= 15 is 0 Å². The molecule has 0 fully saturated rings. The minimum Gasteiger partial charge on any atom is -0.389 e. The van der Waals surface area contributed by atoms with Gasteiger partial charge in [-0.1, -0.05) is 29.9 Å². The number of benzene rings is 2. The van der Waals surface area contributed by atoms with E-state index in [0.717, 1.165) is 29.1 Å². The van der Waals surface area contributed by atoms with Crippen LogP contribution in [-0.4, -0.2) is 20.0 Å². The van der Waals surface area contributed by atoms with Crippen LogP contribution in [0.25, 0.3) is 11.0 Å². The molecular formula is C19H12ClF6N5S. The van der Waals surface area contributed by atoms with Gasteiger partial charge in [-0.25, -0.2) is 0 Å². The maximum Gasteiger partial charge on any atom is 0.418 e. The van der Waals surface area contributed by atoms with Crippen molar-refractivity contribution in [1.29, 1.82) is 5.26 Å². The van der Waals surface area contributed by atoms with Gasteiger partial charge in [0.1, 0.15) is 21.4 Å². The molecule has 1 atom stereocenters. The second-order valence-corrected chi connectivity index (χ2v) is 7.99. The third-order valence-corrected chi connectivity index (χ3v) is 5.15. The Kier molecular flexibility index (Phi) is 5.86. The molecule has 3 rings (SSSR count). The number of nitriles is 1. The van der Waals surface area contributed by atoms with Crippen molar-refractivity contribution in [3.05, 3.63) is 57.6 Å². The highest BCUT2D eigenvalue weighted by molar-refractivity contribution is 7.80. The molecular weight excluding hydrogens is 480 g/mol. The normalized spacial score (nSPS) is 14.2. The fourth-order valence-corrected chi connectivity index (χ4v) is 3.56. The van der Waals surface area contributed by atoms with Crippen LogP contribution < -0.4 is 5.73 Å². The Hall–Kier alpha value is -2.91. The summed E-state index contributed by atoms with van der Waals surface area (Å²) in [6.07, 6.45) is -9.49. The van der Waals surface area contributed by atoms with E-state index in [1.807, 2.05) is 6.07 Å². The van der Waals surface area contributed by atoms with Gasteiger partial charge >= 0.3 is 12.4 Å². The number of thiocarbonyl (C=S) groups is 1. The molecule has 0 radical (unpaired) electrons. The van der Waals surface area contributed by atoms with Crippen molar-refractivity contribution in [3.8, 4) is 6.07 Å².